The van der Waals surface area contributed by atoms with Gasteiger partial charge in [0.1, 0.15) is 0 Å². The molecule has 0 fully saturated rings. The van der Waals surface area contributed by atoms with E-state index >= 15 is 0 Å². The number of aliphatic hydroxyl groups is 1. The van der Waals surface area contributed by atoms with Crippen molar-refractivity contribution in [1.29, 1.82) is 0 Å². The van der Waals surface area contributed by atoms with Gasteiger partial charge in [0.25, 0.3) is 0 Å². The van der Waals surface area contributed by atoms with Crippen molar-refractivity contribution in [2.45, 2.75) is 12.3 Å². The fraction of sp³-hybridized carbons (Fsp3) is 0.714. The first kappa shape index (κ1) is 13.1. The lowest BCUT2D eigenvalue weighted by Gasteiger charge is -2.08. The molecule has 16 heavy (non-hydrogen) atoms. The molecule has 9 heteroatoms. The third-order valence-corrected chi connectivity index (χ3v) is 2.20. The van der Waals surface area contributed by atoms with E-state index in [4.69, 9.17) is 0 Å². The first-order chi connectivity index (χ1) is 7.43. The smallest absolute Gasteiger partial charge is 0.389 e. The molecule has 1 heterocycles. The highest BCUT2D eigenvalue weighted by molar-refractivity contribution is 7.09. The third-order valence-electron chi connectivity index (χ3n) is 1.53. The molecule has 1 atom stereocenters. The molecule has 0 bridgehead atoms. The highest BCUT2D eigenvalue weighted by atomic mass is 32.1. The summed E-state index contributed by atoms with van der Waals surface area (Å²) in [5.41, 5.74) is 0. The number of aromatic nitrogens is 2. The molecule has 1 unspecified atom stereocenters. The van der Waals surface area contributed by atoms with Crippen LogP contribution in [0.5, 0.6) is 0 Å². The Morgan fingerprint density at radius 3 is 2.75 bits per heavy atom. The molecule has 92 valence electrons. The second kappa shape index (κ2) is 5.41. The van der Waals surface area contributed by atoms with Gasteiger partial charge in [-0.25, -0.2) is 0 Å². The summed E-state index contributed by atoms with van der Waals surface area (Å²) in [6, 6.07) is 0. The molecule has 0 amide bonds. The van der Waals surface area contributed by atoms with Crippen LogP contribution >= 0.6 is 11.5 Å². The van der Waals surface area contributed by atoms with Crippen molar-refractivity contribution >= 4 is 16.7 Å². The Balaban J connectivity index is 2.47. The van der Waals surface area contributed by atoms with Crippen molar-refractivity contribution in [1.82, 2.24) is 9.36 Å². The quantitative estimate of drug-likeness (QED) is 0.823. The summed E-state index contributed by atoms with van der Waals surface area (Å²) in [6.07, 6.45) is -5.34. The lowest BCUT2D eigenvalue weighted by Crippen LogP contribution is -2.24. The molecule has 1 aromatic rings. The summed E-state index contributed by atoms with van der Waals surface area (Å²) in [4.78, 5) is 3.23. The van der Waals surface area contributed by atoms with Crippen molar-refractivity contribution in [2.24, 2.45) is 0 Å². The van der Waals surface area contributed by atoms with Gasteiger partial charge in [-0.3, -0.25) is 0 Å². The van der Waals surface area contributed by atoms with Crippen LogP contribution in [-0.4, -0.2) is 40.8 Å². The van der Waals surface area contributed by atoms with Gasteiger partial charge in [0.05, 0.1) is 12.7 Å². The number of hydrogen-bond donors (Lipinski definition) is 2. The summed E-state index contributed by atoms with van der Waals surface area (Å²) in [5, 5.41) is 11.8. The van der Waals surface area contributed by atoms with Crippen molar-refractivity contribution in [3.8, 4) is 0 Å². The average Bonchev–Trinajstić information content (AvgIpc) is 2.63. The van der Waals surface area contributed by atoms with Crippen molar-refractivity contribution < 1.29 is 23.0 Å². The predicted molar refractivity (Wildman–Crippen MR) is 51.3 cm³/mol. The molecule has 1 rings (SSSR count). The number of aliphatic hydroxyl groups excluding tert-OH is 1. The van der Waals surface area contributed by atoms with Crippen LogP contribution in [0.25, 0.3) is 0 Å². The SMILES string of the molecule is COCC(O)CNc1nc(C(F)(F)F)ns1. The van der Waals surface area contributed by atoms with E-state index in [-0.39, 0.29) is 18.3 Å². The Hall–Kier alpha value is -0.930. The molecule has 0 aliphatic rings. The van der Waals surface area contributed by atoms with E-state index in [2.05, 4.69) is 19.4 Å². The van der Waals surface area contributed by atoms with Gasteiger partial charge in [-0.2, -0.15) is 22.5 Å². The molecule has 0 saturated heterocycles. The highest BCUT2D eigenvalue weighted by Crippen LogP contribution is 2.28. The molecular formula is C7H10F3N3O2S. The maximum Gasteiger partial charge on any atom is 0.452 e. The van der Waals surface area contributed by atoms with Crippen molar-refractivity contribution in [3.05, 3.63) is 5.82 Å². The minimum atomic E-state index is -4.54. The maximum atomic E-state index is 12.1. The number of anilines is 1. The monoisotopic (exact) mass is 257 g/mol. The largest absolute Gasteiger partial charge is 0.452 e. The molecule has 1 aromatic heterocycles. The molecule has 2 N–H and O–H groups in total. The Bertz CT molecular complexity index is 331. The Morgan fingerprint density at radius 1 is 1.56 bits per heavy atom. The molecular weight excluding hydrogens is 247 g/mol. The molecule has 5 nitrogen and oxygen atoms in total. The number of nitrogens with one attached hydrogen (secondary N) is 1. The van der Waals surface area contributed by atoms with Crippen LogP contribution in [0.2, 0.25) is 0 Å². The zero-order valence-electron chi connectivity index (χ0n) is 8.28. The zero-order chi connectivity index (χ0) is 12.2. The fourth-order valence-electron chi connectivity index (χ4n) is 0.867. The van der Waals surface area contributed by atoms with Crippen molar-refractivity contribution in [3.63, 3.8) is 0 Å². The van der Waals surface area contributed by atoms with Crippen LogP contribution in [0.15, 0.2) is 0 Å². The predicted octanol–water partition coefficient (Wildman–Crippen LogP) is 0.976. The van der Waals surface area contributed by atoms with Crippen LogP contribution in [-0.2, 0) is 10.9 Å². The van der Waals surface area contributed by atoms with Gasteiger partial charge in [-0.15, -0.1) is 0 Å². The van der Waals surface area contributed by atoms with E-state index in [0.717, 1.165) is 0 Å². The van der Waals surface area contributed by atoms with Crippen LogP contribution in [0.1, 0.15) is 5.82 Å². The third kappa shape index (κ3) is 3.91. The van der Waals surface area contributed by atoms with Gasteiger partial charge >= 0.3 is 6.18 Å². The highest BCUT2D eigenvalue weighted by Gasteiger charge is 2.36. The van der Waals surface area contributed by atoms with E-state index in [1.807, 2.05) is 0 Å². The lowest BCUT2D eigenvalue weighted by molar-refractivity contribution is -0.144. The standard InChI is InChI=1S/C7H10F3N3O2S/c1-15-3-4(14)2-11-6-12-5(13-16-6)7(8,9)10/h4,14H,2-3H2,1H3,(H,11,12,13). The average molecular weight is 257 g/mol. The minimum absolute atomic E-state index is 0.0162. The topological polar surface area (TPSA) is 67.3 Å². The van der Waals surface area contributed by atoms with Gasteiger partial charge in [0.15, 0.2) is 0 Å². The van der Waals surface area contributed by atoms with Crippen molar-refractivity contribution in [2.75, 3.05) is 25.6 Å². The number of nitrogens with zero attached hydrogens (tertiary/aromatic N) is 2. The summed E-state index contributed by atoms with van der Waals surface area (Å²) in [5.74, 6) is -1.18. The molecule has 0 radical (unpaired) electrons. The minimum Gasteiger partial charge on any atom is -0.389 e. The molecule has 0 aromatic carbocycles. The summed E-state index contributed by atoms with van der Waals surface area (Å²) in [7, 11) is 1.41. The fourth-order valence-corrected chi connectivity index (χ4v) is 1.46. The summed E-state index contributed by atoms with van der Waals surface area (Å²) >= 11 is 0.592. The molecule has 0 spiro atoms. The van der Waals surface area contributed by atoms with Crippen LogP contribution < -0.4 is 5.32 Å². The molecule has 0 aliphatic heterocycles. The maximum absolute atomic E-state index is 12.1. The lowest BCUT2D eigenvalue weighted by atomic mass is 10.4. The van der Waals surface area contributed by atoms with E-state index in [0.29, 0.717) is 11.5 Å². The second-order valence-corrected chi connectivity index (χ2v) is 3.66. The zero-order valence-corrected chi connectivity index (χ0v) is 9.10. The van der Waals surface area contributed by atoms with Crippen LogP contribution in [0, 0.1) is 0 Å². The second-order valence-electron chi connectivity index (χ2n) is 2.91. The number of rotatable bonds is 5. The first-order valence-electron chi connectivity index (χ1n) is 4.25. The Labute approximate surface area is 93.4 Å². The summed E-state index contributed by atoms with van der Waals surface area (Å²) < 4.78 is 44.1. The van der Waals surface area contributed by atoms with Gasteiger partial charge in [-0.1, -0.05) is 0 Å². The van der Waals surface area contributed by atoms with Crippen LogP contribution in [0.3, 0.4) is 0 Å². The number of hydrogen-bond acceptors (Lipinski definition) is 6. The molecule has 0 saturated carbocycles. The first-order valence-corrected chi connectivity index (χ1v) is 5.02. The number of methoxy groups -OCH3 is 1. The number of ether oxygens (including phenoxy) is 1. The van der Waals surface area contributed by atoms with E-state index < -0.39 is 18.1 Å². The Morgan fingerprint density at radius 2 is 2.25 bits per heavy atom. The number of alkyl halides is 3. The van der Waals surface area contributed by atoms with Gasteiger partial charge in [0, 0.05) is 25.2 Å². The number of halogens is 3. The Kier molecular flexibility index (Phi) is 4.44. The van der Waals surface area contributed by atoms with Gasteiger partial charge in [-0.05, 0) is 0 Å². The van der Waals surface area contributed by atoms with E-state index in [1.165, 1.54) is 7.11 Å². The van der Waals surface area contributed by atoms with Gasteiger partial charge < -0.3 is 15.2 Å². The van der Waals surface area contributed by atoms with E-state index in [9.17, 15) is 18.3 Å². The van der Waals surface area contributed by atoms with E-state index in [1.54, 1.807) is 0 Å². The summed E-state index contributed by atoms with van der Waals surface area (Å²) in [6.45, 7) is 0.151. The van der Waals surface area contributed by atoms with Gasteiger partial charge in [0.2, 0.25) is 11.0 Å². The van der Waals surface area contributed by atoms with Crippen LogP contribution in [0.4, 0.5) is 18.3 Å². The normalized spacial score (nSPS) is 13.8. The molecule has 0 aliphatic carbocycles.